The summed E-state index contributed by atoms with van der Waals surface area (Å²) in [7, 11) is 5.05. The molecule has 0 aliphatic rings. The van der Waals surface area contributed by atoms with Gasteiger partial charge in [-0.1, -0.05) is 24.3 Å². The summed E-state index contributed by atoms with van der Waals surface area (Å²) >= 11 is 0. The topological polar surface area (TPSA) is 64.1 Å². The van der Waals surface area contributed by atoms with Gasteiger partial charge in [0.25, 0.3) is 0 Å². The maximum atomic E-state index is 5.87. The molecule has 0 saturated heterocycles. The number of hydrogen-bond donors (Lipinski definition) is 2. The molecule has 0 unspecified atom stereocenters. The summed E-state index contributed by atoms with van der Waals surface area (Å²) in [6.07, 6.45) is 0. The van der Waals surface area contributed by atoms with Crippen LogP contribution in [0.1, 0.15) is 37.5 Å². The number of aliphatic imine (C=N–C) groups is 1. The van der Waals surface area contributed by atoms with Gasteiger partial charge in [-0.25, -0.2) is 0 Å². The van der Waals surface area contributed by atoms with Gasteiger partial charge in [-0.3, -0.25) is 4.99 Å². The lowest BCUT2D eigenvalue weighted by atomic mass is 10.1. The van der Waals surface area contributed by atoms with E-state index in [-0.39, 0.29) is 29.6 Å². The minimum absolute atomic E-state index is 0. The number of benzene rings is 2. The molecule has 0 fully saturated rings. The average molecular weight is 527 g/mol. The molecule has 0 aromatic heterocycles. The summed E-state index contributed by atoms with van der Waals surface area (Å²) in [5.74, 6) is 2.27. The SMILES string of the molecule is CN=C(NCc1cccc(COC(C)(C)C)c1)NCc1ccc(OC)cc1OC.I. The molecule has 0 bridgehead atoms. The van der Waals surface area contributed by atoms with Crippen molar-refractivity contribution < 1.29 is 14.2 Å². The number of nitrogens with one attached hydrogen (secondary N) is 2. The molecule has 2 aromatic carbocycles. The standard InChI is InChI=1S/C23H33N3O3.HI/c1-23(2,3)29-16-18-9-7-8-17(12-18)14-25-22(24-4)26-15-19-10-11-20(27-5)13-21(19)28-6;/h7-13H,14-16H2,1-6H3,(H2,24,25,26);1H. The van der Waals surface area contributed by atoms with Crippen LogP contribution in [0, 0.1) is 0 Å². The maximum Gasteiger partial charge on any atom is 0.191 e. The predicted molar refractivity (Wildman–Crippen MR) is 133 cm³/mol. The van der Waals surface area contributed by atoms with Gasteiger partial charge in [-0.15, -0.1) is 24.0 Å². The summed E-state index contributed by atoms with van der Waals surface area (Å²) in [6, 6.07) is 14.1. The quantitative estimate of drug-likeness (QED) is 0.301. The molecule has 30 heavy (non-hydrogen) atoms. The van der Waals surface area contributed by atoms with Crippen molar-refractivity contribution in [2.24, 2.45) is 4.99 Å². The van der Waals surface area contributed by atoms with Crippen molar-refractivity contribution in [1.82, 2.24) is 10.6 Å². The first-order valence-electron chi connectivity index (χ1n) is 9.72. The summed E-state index contributed by atoms with van der Waals surface area (Å²) in [4.78, 5) is 4.30. The fourth-order valence-corrected chi connectivity index (χ4v) is 2.71. The number of hydrogen-bond acceptors (Lipinski definition) is 4. The van der Waals surface area contributed by atoms with Gasteiger partial charge in [0.05, 0.1) is 26.4 Å². The monoisotopic (exact) mass is 527 g/mol. The molecule has 0 spiro atoms. The zero-order valence-corrected chi connectivity index (χ0v) is 21.1. The second-order valence-corrected chi connectivity index (χ2v) is 7.68. The minimum Gasteiger partial charge on any atom is -0.497 e. The van der Waals surface area contributed by atoms with Crippen molar-refractivity contribution in [3.8, 4) is 11.5 Å². The fourth-order valence-electron chi connectivity index (χ4n) is 2.71. The molecule has 0 aliphatic carbocycles. The molecule has 2 N–H and O–H groups in total. The Morgan fingerprint density at radius 2 is 1.63 bits per heavy atom. The molecule has 2 rings (SSSR count). The fraction of sp³-hybridized carbons (Fsp3) is 0.435. The first-order chi connectivity index (χ1) is 13.8. The zero-order valence-electron chi connectivity index (χ0n) is 18.7. The van der Waals surface area contributed by atoms with Crippen molar-refractivity contribution in [1.29, 1.82) is 0 Å². The molecule has 0 amide bonds. The van der Waals surface area contributed by atoms with Gasteiger partial charge >= 0.3 is 0 Å². The van der Waals surface area contributed by atoms with Crippen LogP contribution in [0.3, 0.4) is 0 Å². The van der Waals surface area contributed by atoms with E-state index in [0.717, 1.165) is 28.6 Å². The van der Waals surface area contributed by atoms with Crippen LogP contribution in [0.4, 0.5) is 0 Å². The Hall–Kier alpha value is -2.00. The first-order valence-corrected chi connectivity index (χ1v) is 9.72. The Morgan fingerprint density at radius 3 is 2.27 bits per heavy atom. The van der Waals surface area contributed by atoms with E-state index in [2.05, 4.69) is 60.7 Å². The van der Waals surface area contributed by atoms with E-state index in [1.807, 2.05) is 18.2 Å². The number of guanidine groups is 1. The van der Waals surface area contributed by atoms with Crippen LogP contribution in [-0.4, -0.2) is 32.8 Å². The van der Waals surface area contributed by atoms with E-state index in [9.17, 15) is 0 Å². The first kappa shape index (κ1) is 26.0. The largest absolute Gasteiger partial charge is 0.497 e. The summed E-state index contributed by atoms with van der Waals surface area (Å²) in [5.41, 5.74) is 3.20. The minimum atomic E-state index is -0.150. The van der Waals surface area contributed by atoms with E-state index in [0.29, 0.717) is 19.7 Å². The third kappa shape index (κ3) is 8.79. The number of methoxy groups -OCH3 is 2. The third-order valence-corrected chi connectivity index (χ3v) is 4.29. The van der Waals surface area contributed by atoms with Crippen molar-refractivity contribution in [2.45, 2.75) is 46.1 Å². The van der Waals surface area contributed by atoms with Gasteiger partial charge < -0.3 is 24.8 Å². The van der Waals surface area contributed by atoms with E-state index in [4.69, 9.17) is 14.2 Å². The second kappa shape index (κ2) is 12.6. The van der Waals surface area contributed by atoms with E-state index < -0.39 is 0 Å². The zero-order chi connectivity index (χ0) is 21.3. The van der Waals surface area contributed by atoms with E-state index in [1.54, 1.807) is 21.3 Å². The number of ether oxygens (including phenoxy) is 3. The summed E-state index contributed by atoms with van der Waals surface area (Å²) in [6.45, 7) is 8.04. The summed E-state index contributed by atoms with van der Waals surface area (Å²) in [5, 5.41) is 6.67. The van der Waals surface area contributed by atoms with Gasteiger partial charge in [0, 0.05) is 31.8 Å². The Balaban J connectivity index is 0.00000450. The predicted octanol–water partition coefficient (Wildman–Crippen LogP) is 4.50. The normalized spacial score (nSPS) is 11.5. The van der Waals surface area contributed by atoms with Gasteiger partial charge in [0.2, 0.25) is 0 Å². The van der Waals surface area contributed by atoms with Gasteiger partial charge in [0.15, 0.2) is 5.96 Å². The molecule has 0 heterocycles. The molecule has 0 radical (unpaired) electrons. The Kier molecular flexibility index (Phi) is 11.0. The van der Waals surface area contributed by atoms with Crippen LogP contribution in [-0.2, 0) is 24.4 Å². The van der Waals surface area contributed by atoms with Crippen molar-refractivity contribution in [2.75, 3.05) is 21.3 Å². The molecule has 2 aromatic rings. The van der Waals surface area contributed by atoms with Crippen molar-refractivity contribution >= 4 is 29.9 Å². The van der Waals surface area contributed by atoms with E-state index in [1.165, 1.54) is 5.56 Å². The molecule has 0 aliphatic heterocycles. The Labute approximate surface area is 197 Å². The lowest BCUT2D eigenvalue weighted by molar-refractivity contribution is -0.0149. The molecule has 6 nitrogen and oxygen atoms in total. The number of rotatable bonds is 8. The molecular formula is C23H34IN3O3. The molecule has 0 atom stereocenters. The van der Waals surface area contributed by atoms with Crippen LogP contribution in [0.2, 0.25) is 0 Å². The Bertz CT molecular complexity index is 820. The van der Waals surface area contributed by atoms with Crippen LogP contribution in [0.5, 0.6) is 11.5 Å². The Morgan fingerprint density at radius 1 is 0.933 bits per heavy atom. The molecule has 166 valence electrons. The highest BCUT2D eigenvalue weighted by molar-refractivity contribution is 14.0. The van der Waals surface area contributed by atoms with Crippen molar-refractivity contribution in [3.05, 3.63) is 59.2 Å². The van der Waals surface area contributed by atoms with Gasteiger partial charge in [-0.05, 0) is 44.0 Å². The highest BCUT2D eigenvalue weighted by Crippen LogP contribution is 2.24. The lowest BCUT2D eigenvalue weighted by Crippen LogP contribution is -2.36. The summed E-state index contributed by atoms with van der Waals surface area (Å²) < 4.78 is 16.6. The van der Waals surface area contributed by atoms with Crippen LogP contribution in [0.15, 0.2) is 47.5 Å². The molecule has 0 saturated carbocycles. The number of nitrogens with zero attached hydrogens (tertiary/aromatic N) is 1. The van der Waals surface area contributed by atoms with Crippen LogP contribution in [0.25, 0.3) is 0 Å². The van der Waals surface area contributed by atoms with Gasteiger partial charge in [-0.2, -0.15) is 0 Å². The lowest BCUT2D eigenvalue weighted by Gasteiger charge is -2.20. The van der Waals surface area contributed by atoms with Crippen LogP contribution < -0.4 is 20.1 Å². The van der Waals surface area contributed by atoms with Gasteiger partial charge in [0.1, 0.15) is 11.5 Å². The molecule has 7 heteroatoms. The number of halogens is 1. The van der Waals surface area contributed by atoms with Crippen molar-refractivity contribution in [3.63, 3.8) is 0 Å². The smallest absolute Gasteiger partial charge is 0.191 e. The average Bonchev–Trinajstić information content (AvgIpc) is 2.72. The second-order valence-electron chi connectivity index (χ2n) is 7.68. The van der Waals surface area contributed by atoms with Crippen LogP contribution >= 0.6 is 24.0 Å². The molecular weight excluding hydrogens is 493 g/mol. The maximum absolute atomic E-state index is 5.87. The highest BCUT2D eigenvalue weighted by atomic mass is 127. The highest BCUT2D eigenvalue weighted by Gasteiger charge is 2.10. The third-order valence-electron chi connectivity index (χ3n) is 4.29. The van der Waals surface area contributed by atoms with E-state index >= 15 is 0 Å².